The van der Waals surface area contributed by atoms with Crippen LogP contribution in [0.1, 0.15) is 47.8 Å². The van der Waals surface area contributed by atoms with Crippen LogP contribution in [0.4, 0.5) is 11.4 Å². The Balaban J connectivity index is 1.34. The Labute approximate surface area is 240 Å². The van der Waals surface area contributed by atoms with Crippen LogP contribution in [0.2, 0.25) is 0 Å². The fourth-order valence-electron chi connectivity index (χ4n) is 4.71. The molecule has 1 amide bonds. The number of hydrogen-bond acceptors (Lipinski definition) is 5. The van der Waals surface area contributed by atoms with Gasteiger partial charge in [0, 0.05) is 16.8 Å². The summed E-state index contributed by atoms with van der Waals surface area (Å²) < 4.78 is 34.1. The molecule has 4 aromatic rings. The van der Waals surface area contributed by atoms with E-state index < -0.39 is 22.0 Å². The minimum absolute atomic E-state index is 0.0239. The van der Waals surface area contributed by atoms with Gasteiger partial charge in [-0.25, -0.2) is 8.42 Å². The van der Waals surface area contributed by atoms with Gasteiger partial charge in [-0.15, -0.1) is 0 Å². The SMILES string of the molecule is CC(C)(C)c1ccc(C(=O)c2cccc(NC(=O)[C@H]3CN(S(=O)(=O)Cc4ccccc4)c4ccccc4O3)c2)cc1. The van der Waals surface area contributed by atoms with Crippen LogP contribution >= 0.6 is 0 Å². The lowest BCUT2D eigenvalue weighted by molar-refractivity contribution is -0.122. The Morgan fingerprint density at radius 1 is 0.854 bits per heavy atom. The number of carbonyl (C=O) groups is 2. The minimum atomic E-state index is -3.82. The van der Waals surface area contributed by atoms with Gasteiger partial charge in [-0.1, -0.05) is 99.6 Å². The molecule has 0 spiro atoms. The predicted molar refractivity (Wildman–Crippen MR) is 161 cm³/mol. The molecule has 1 heterocycles. The average Bonchev–Trinajstić information content (AvgIpc) is 2.96. The molecule has 210 valence electrons. The van der Waals surface area contributed by atoms with E-state index in [2.05, 4.69) is 26.1 Å². The summed E-state index contributed by atoms with van der Waals surface area (Å²) in [6.45, 7) is 6.16. The summed E-state index contributed by atoms with van der Waals surface area (Å²) in [6.07, 6.45) is -1.10. The van der Waals surface area contributed by atoms with Gasteiger partial charge >= 0.3 is 0 Å². The summed E-state index contributed by atoms with van der Waals surface area (Å²) in [5.74, 6) is -0.587. The third-order valence-electron chi connectivity index (χ3n) is 6.96. The molecular formula is C33H32N2O5S. The first-order chi connectivity index (χ1) is 19.5. The van der Waals surface area contributed by atoms with E-state index >= 15 is 0 Å². The number of fused-ring (bicyclic) bond motifs is 1. The smallest absolute Gasteiger partial charge is 0.267 e. The molecular weight excluding hydrogens is 536 g/mol. The lowest BCUT2D eigenvalue weighted by Crippen LogP contribution is -2.49. The number of amides is 1. The van der Waals surface area contributed by atoms with Crippen LogP contribution in [0, 0.1) is 0 Å². The van der Waals surface area contributed by atoms with E-state index in [1.807, 2.05) is 30.3 Å². The molecule has 41 heavy (non-hydrogen) atoms. The zero-order valence-corrected chi connectivity index (χ0v) is 24.0. The van der Waals surface area contributed by atoms with E-state index in [1.165, 1.54) is 4.31 Å². The van der Waals surface area contributed by atoms with Crippen LogP contribution in [0.25, 0.3) is 0 Å². The summed E-state index contributed by atoms with van der Waals surface area (Å²) in [4.78, 5) is 26.5. The Hall–Kier alpha value is -4.43. The van der Waals surface area contributed by atoms with Crippen molar-refractivity contribution < 1.29 is 22.7 Å². The lowest BCUT2D eigenvalue weighted by Gasteiger charge is -2.34. The molecule has 1 aliphatic heterocycles. The average molecular weight is 569 g/mol. The second-order valence-electron chi connectivity index (χ2n) is 11.1. The van der Waals surface area contributed by atoms with Gasteiger partial charge in [0.15, 0.2) is 11.9 Å². The van der Waals surface area contributed by atoms with Gasteiger partial charge in [-0.3, -0.25) is 13.9 Å². The molecule has 0 radical (unpaired) electrons. The summed E-state index contributed by atoms with van der Waals surface area (Å²) in [5, 5.41) is 2.80. The molecule has 0 bridgehead atoms. The number of ether oxygens (including phenoxy) is 1. The van der Waals surface area contributed by atoms with Crippen molar-refractivity contribution in [2.45, 2.75) is 38.0 Å². The van der Waals surface area contributed by atoms with Gasteiger partial charge in [0.2, 0.25) is 10.0 Å². The quantitative estimate of drug-likeness (QED) is 0.278. The monoisotopic (exact) mass is 568 g/mol. The molecule has 0 fully saturated rings. The van der Waals surface area contributed by atoms with Crippen LogP contribution < -0.4 is 14.4 Å². The number of para-hydroxylation sites is 2. The molecule has 8 heteroatoms. The van der Waals surface area contributed by atoms with Crippen LogP contribution in [-0.4, -0.2) is 32.8 Å². The second-order valence-corrected chi connectivity index (χ2v) is 13.0. The van der Waals surface area contributed by atoms with Crippen molar-refractivity contribution in [2.24, 2.45) is 0 Å². The number of sulfonamides is 1. The third kappa shape index (κ3) is 6.33. The van der Waals surface area contributed by atoms with Crippen LogP contribution in [-0.2, 0) is 26.0 Å². The molecule has 7 nitrogen and oxygen atoms in total. The molecule has 0 aliphatic carbocycles. The minimum Gasteiger partial charge on any atom is -0.476 e. The predicted octanol–water partition coefficient (Wildman–Crippen LogP) is 5.95. The highest BCUT2D eigenvalue weighted by molar-refractivity contribution is 7.92. The van der Waals surface area contributed by atoms with Crippen molar-refractivity contribution in [3.63, 3.8) is 0 Å². The van der Waals surface area contributed by atoms with E-state index in [-0.39, 0.29) is 23.5 Å². The Bertz CT molecular complexity index is 1680. The molecule has 0 saturated carbocycles. The van der Waals surface area contributed by atoms with E-state index in [0.29, 0.717) is 33.8 Å². The highest BCUT2D eigenvalue weighted by Crippen LogP contribution is 2.36. The van der Waals surface area contributed by atoms with E-state index in [1.54, 1.807) is 72.8 Å². The van der Waals surface area contributed by atoms with Gasteiger partial charge in [-0.05, 0) is 40.8 Å². The largest absolute Gasteiger partial charge is 0.476 e. The summed E-state index contributed by atoms with van der Waals surface area (Å²) >= 11 is 0. The van der Waals surface area contributed by atoms with Crippen molar-refractivity contribution >= 4 is 33.1 Å². The molecule has 5 rings (SSSR count). The zero-order valence-electron chi connectivity index (χ0n) is 23.2. The van der Waals surface area contributed by atoms with E-state index in [9.17, 15) is 18.0 Å². The summed E-state index contributed by atoms with van der Waals surface area (Å²) in [7, 11) is -3.82. The van der Waals surface area contributed by atoms with Gasteiger partial charge in [0.25, 0.3) is 5.91 Å². The summed E-state index contributed by atoms with van der Waals surface area (Å²) in [5.41, 5.74) is 3.52. The van der Waals surface area contributed by atoms with Crippen molar-refractivity contribution in [1.82, 2.24) is 0 Å². The normalized spacial score (nSPS) is 15.0. The Kier molecular flexibility index (Phi) is 7.69. The van der Waals surface area contributed by atoms with E-state index in [4.69, 9.17) is 4.74 Å². The number of ketones is 1. The van der Waals surface area contributed by atoms with Gasteiger partial charge in [-0.2, -0.15) is 0 Å². The van der Waals surface area contributed by atoms with Crippen molar-refractivity contribution in [3.05, 3.63) is 125 Å². The van der Waals surface area contributed by atoms with E-state index in [0.717, 1.165) is 5.56 Å². The van der Waals surface area contributed by atoms with Crippen LogP contribution in [0.5, 0.6) is 5.75 Å². The molecule has 1 aliphatic rings. The first kappa shape index (κ1) is 28.1. The van der Waals surface area contributed by atoms with Crippen molar-refractivity contribution in [3.8, 4) is 5.75 Å². The van der Waals surface area contributed by atoms with Gasteiger partial charge in [0.1, 0.15) is 5.75 Å². The number of hydrogen-bond donors (Lipinski definition) is 1. The lowest BCUT2D eigenvalue weighted by atomic mass is 9.86. The Morgan fingerprint density at radius 2 is 1.54 bits per heavy atom. The number of nitrogens with zero attached hydrogens (tertiary/aromatic N) is 1. The molecule has 1 N–H and O–H groups in total. The fraction of sp³-hybridized carbons (Fsp3) is 0.212. The maximum Gasteiger partial charge on any atom is 0.267 e. The van der Waals surface area contributed by atoms with Crippen molar-refractivity contribution in [2.75, 3.05) is 16.2 Å². The second kappa shape index (κ2) is 11.2. The van der Waals surface area contributed by atoms with Crippen LogP contribution in [0.3, 0.4) is 0 Å². The highest BCUT2D eigenvalue weighted by atomic mass is 32.2. The maximum atomic E-state index is 13.5. The zero-order chi connectivity index (χ0) is 29.2. The molecule has 0 unspecified atom stereocenters. The number of benzene rings is 4. The Morgan fingerprint density at radius 3 is 2.24 bits per heavy atom. The van der Waals surface area contributed by atoms with Crippen molar-refractivity contribution in [1.29, 1.82) is 0 Å². The maximum absolute atomic E-state index is 13.5. The topological polar surface area (TPSA) is 92.8 Å². The summed E-state index contributed by atoms with van der Waals surface area (Å²) in [6, 6.07) is 29.9. The third-order valence-corrected chi connectivity index (χ3v) is 8.68. The molecule has 1 atom stereocenters. The van der Waals surface area contributed by atoms with Crippen LogP contribution in [0.15, 0.2) is 103 Å². The molecule has 4 aromatic carbocycles. The molecule has 0 aromatic heterocycles. The molecule has 0 saturated heterocycles. The number of carbonyl (C=O) groups excluding carboxylic acids is 2. The number of rotatable bonds is 7. The van der Waals surface area contributed by atoms with Gasteiger partial charge < -0.3 is 10.1 Å². The number of anilines is 2. The highest BCUT2D eigenvalue weighted by Gasteiger charge is 2.36. The fourth-order valence-corrected chi connectivity index (χ4v) is 6.30. The number of nitrogens with one attached hydrogen (secondary N) is 1. The van der Waals surface area contributed by atoms with Gasteiger partial charge in [0.05, 0.1) is 18.0 Å². The first-order valence-corrected chi connectivity index (χ1v) is 15.0. The standard InChI is InChI=1S/C33H32N2O5S/c1-33(2,3)26-18-16-24(17-19-26)31(36)25-12-9-13-27(20-25)34-32(37)30-21-35(28-14-7-8-15-29(28)40-30)41(38,39)22-23-10-5-4-6-11-23/h4-20,30H,21-22H2,1-3H3,(H,34,37)/t30-/m1/s1. The first-order valence-electron chi connectivity index (χ1n) is 13.4.